The lowest BCUT2D eigenvalue weighted by atomic mass is 9.96. The zero-order valence-corrected chi connectivity index (χ0v) is 10.9. The molecule has 90 valence electrons. The predicted octanol–water partition coefficient (Wildman–Crippen LogP) is 2.49. The molecule has 16 heavy (non-hydrogen) atoms. The molecule has 0 aromatic carbocycles. The molecule has 1 aliphatic heterocycles. The highest BCUT2D eigenvalue weighted by atomic mass is 32.1. The summed E-state index contributed by atoms with van der Waals surface area (Å²) in [4.78, 5) is 2.61. The SMILES string of the molecule is CC1CCCC(CN)N1CCc1ccsc1. The average molecular weight is 238 g/mol. The van der Waals surface area contributed by atoms with Crippen molar-refractivity contribution in [3.05, 3.63) is 22.4 Å². The average Bonchev–Trinajstić information content (AvgIpc) is 2.80. The van der Waals surface area contributed by atoms with Gasteiger partial charge in [-0.25, -0.2) is 0 Å². The highest BCUT2D eigenvalue weighted by Gasteiger charge is 2.26. The van der Waals surface area contributed by atoms with Gasteiger partial charge in [0.15, 0.2) is 0 Å². The van der Waals surface area contributed by atoms with Crippen LogP contribution in [0.25, 0.3) is 0 Å². The van der Waals surface area contributed by atoms with Gasteiger partial charge >= 0.3 is 0 Å². The van der Waals surface area contributed by atoms with Gasteiger partial charge in [-0.3, -0.25) is 4.90 Å². The summed E-state index contributed by atoms with van der Waals surface area (Å²) in [6.45, 7) is 4.32. The van der Waals surface area contributed by atoms with Crippen molar-refractivity contribution in [2.24, 2.45) is 5.73 Å². The van der Waals surface area contributed by atoms with Crippen molar-refractivity contribution < 1.29 is 0 Å². The Hall–Kier alpha value is -0.380. The van der Waals surface area contributed by atoms with Crippen molar-refractivity contribution >= 4 is 11.3 Å². The molecule has 1 aromatic heterocycles. The summed E-state index contributed by atoms with van der Waals surface area (Å²) >= 11 is 1.79. The normalized spacial score (nSPS) is 27.1. The number of nitrogens with zero attached hydrogens (tertiary/aromatic N) is 1. The standard InChI is InChI=1S/C13H22N2S/c1-11-3-2-4-13(9-14)15(11)7-5-12-6-8-16-10-12/h6,8,10-11,13H,2-5,7,9,14H2,1H3. The van der Waals surface area contributed by atoms with Crippen molar-refractivity contribution in [3.8, 4) is 0 Å². The van der Waals surface area contributed by atoms with Crippen molar-refractivity contribution in [3.63, 3.8) is 0 Å². The number of nitrogens with two attached hydrogens (primary N) is 1. The van der Waals surface area contributed by atoms with Gasteiger partial charge in [0.2, 0.25) is 0 Å². The van der Waals surface area contributed by atoms with Crippen LogP contribution < -0.4 is 5.73 Å². The highest BCUT2D eigenvalue weighted by molar-refractivity contribution is 7.07. The van der Waals surface area contributed by atoms with Gasteiger partial charge in [0.05, 0.1) is 0 Å². The Morgan fingerprint density at radius 2 is 2.38 bits per heavy atom. The van der Waals surface area contributed by atoms with E-state index in [-0.39, 0.29) is 0 Å². The van der Waals surface area contributed by atoms with E-state index in [1.54, 1.807) is 11.3 Å². The summed E-state index contributed by atoms with van der Waals surface area (Å²) in [7, 11) is 0. The lowest BCUT2D eigenvalue weighted by Crippen LogP contribution is -2.49. The Balaban J connectivity index is 1.90. The molecule has 2 atom stereocenters. The molecule has 2 nitrogen and oxygen atoms in total. The maximum Gasteiger partial charge on any atom is 0.0221 e. The van der Waals surface area contributed by atoms with Gasteiger partial charge in [0.25, 0.3) is 0 Å². The molecule has 2 rings (SSSR count). The number of hydrogen-bond acceptors (Lipinski definition) is 3. The summed E-state index contributed by atoms with van der Waals surface area (Å²) in [5.41, 5.74) is 7.34. The minimum atomic E-state index is 0.613. The summed E-state index contributed by atoms with van der Waals surface area (Å²) in [6.07, 6.45) is 5.13. The van der Waals surface area contributed by atoms with Gasteiger partial charge in [-0.1, -0.05) is 6.42 Å². The van der Waals surface area contributed by atoms with Crippen LogP contribution in [-0.2, 0) is 6.42 Å². The highest BCUT2D eigenvalue weighted by Crippen LogP contribution is 2.22. The molecule has 0 amide bonds. The van der Waals surface area contributed by atoms with Crippen LogP contribution in [0.5, 0.6) is 0 Å². The van der Waals surface area contributed by atoms with Gasteiger partial charge in [0.1, 0.15) is 0 Å². The van der Waals surface area contributed by atoms with Crippen LogP contribution >= 0.6 is 11.3 Å². The molecule has 0 radical (unpaired) electrons. The predicted molar refractivity (Wildman–Crippen MR) is 70.9 cm³/mol. The van der Waals surface area contributed by atoms with Gasteiger partial charge < -0.3 is 5.73 Å². The molecule has 0 bridgehead atoms. The van der Waals surface area contributed by atoms with Gasteiger partial charge in [-0.05, 0) is 48.6 Å². The van der Waals surface area contributed by atoms with E-state index >= 15 is 0 Å². The topological polar surface area (TPSA) is 29.3 Å². The molecule has 2 N–H and O–H groups in total. The number of likely N-dealkylation sites (tertiary alicyclic amines) is 1. The van der Waals surface area contributed by atoms with Crippen LogP contribution in [-0.4, -0.2) is 30.1 Å². The van der Waals surface area contributed by atoms with Crippen molar-refractivity contribution in [2.45, 2.75) is 44.7 Å². The van der Waals surface area contributed by atoms with Crippen LogP contribution in [0.1, 0.15) is 31.7 Å². The monoisotopic (exact) mass is 238 g/mol. The first-order chi connectivity index (χ1) is 7.81. The quantitative estimate of drug-likeness (QED) is 0.873. The molecule has 2 heterocycles. The first-order valence-corrected chi connectivity index (χ1v) is 7.22. The van der Waals surface area contributed by atoms with Gasteiger partial charge in [-0.15, -0.1) is 0 Å². The van der Waals surface area contributed by atoms with Crippen molar-refractivity contribution in [2.75, 3.05) is 13.1 Å². The first kappa shape index (κ1) is 12.1. The van der Waals surface area contributed by atoms with E-state index in [1.165, 1.54) is 37.8 Å². The zero-order valence-electron chi connectivity index (χ0n) is 10.1. The molecule has 1 fully saturated rings. The maximum absolute atomic E-state index is 5.87. The lowest BCUT2D eigenvalue weighted by Gasteiger charge is -2.40. The van der Waals surface area contributed by atoms with E-state index < -0.39 is 0 Å². The second-order valence-corrected chi connectivity index (χ2v) is 5.57. The number of thiophene rings is 1. The van der Waals surface area contributed by atoms with E-state index in [0.29, 0.717) is 12.1 Å². The third-order valence-electron chi connectivity index (χ3n) is 3.71. The second kappa shape index (κ2) is 5.80. The summed E-state index contributed by atoms with van der Waals surface area (Å²) in [6, 6.07) is 3.56. The molecule has 3 heteroatoms. The Kier molecular flexibility index (Phi) is 4.38. The summed E-state index contributed by atoms with van der Waals surface area (Å²) < 4.78 is 0. The van der Waals surface area contributed by atoms with E-state index in [1.807, 2.05) is 0 Å². The molecule has 2 unspecified atom stereocenters. The maximum atomic E-state index is 5.87. The Bertz CT molecular complexity index is 297. The third kappa shape index (κ3) is 2.84. The molecule has 0 spiro atoms. The Morgan fingerprint density at radius 1 is 1.50 bits per heavy atom. The molecule has 1 aliphatic rings. The molecule has 0 saturated carbocycles. The van der Waals surface area contributed by atoms with Crippen LogP contribution in [0.4, 0.5) is 0 Å². The lowest BCUT2D eigenvalue weighted by molar-refractivity contribution is 0.0989. The molecular formula is C13H22N2S. The van der Waals surface area contributed by atoms with Crippen molar-refractivity contribution in [1.29, 1.82) is 0 Å². The molecule has 1 aromatic rings. The Labute approximate surface area is 102 Å². The zero-order chi connectivity index (χ0) is 11.4. The fraction of sp³-hybridized carbons (Fsp3) is 0.692. The fourth-order valence-corrected chi connectivity index (χ4v) is 3.39. The second-order valence-electron chi connectivity index (χ2n) is 4.79. The fourth-order valence-electron chi connectivity index (χ4n) is 2.69. The van der Waals surface area contributed by atoms with E-state index in [0.717, 1.165) is 6.54 Å². The molecule has 0 aliphatic carbocycles. The Morgan fingerprint density at radius 3 is 3.06 bits per heavy atom. The van der Waals surface area contributed by atoms with E-state index in [9.17, 15) is 0 Å². The van der Waals surface area contributed by atoms with Crippen molar-refractivity contribution in [1.82, 2.24) is 4.90 Å². The van der Waals surface area contributed by atoms with Gasteiger partial charge in [-0.2, -0.15) is 11.3 Å². The van der Waals surface area contributed by atoms with Crippen LogP contribution in [0.2, 0.25) is 0 Å². The number of rotatable bonds is 4. The molecular weight excluding hydrogens is 216 g/mol. The van der Waals surface area contributed by atoms with Crippen LogP contribution in [0.3, 0.4) is 0 Å². The minimum absolute atomic E-state index is 0.613. The molecule has 1 saturated heterocycles. The largest absolute Gasteiger partial charge is 0.329 e. The van der Waals surface area contributed by atoms with Crippen LogP contribution in [0.15, 0.2) is 16.8 Å². The summed E-state index contributed by atoms with van der Waals surface area (Å²) in [5, 5.41) is 4.42. The third-order valence-corrected chi connectivity index (χ3v) is 4.44. The van der Waals surface area contributed by atoms with Crippen LogP contribution in [0, 0.1) is 0 Å². The van der Waals surface area contributed by atoms with Gasteiger partial charge in [0, 0.05) is 25.2 Å². The minimum Gasteiger partial charge on any atom is -0.329 e. The smallest absolute Gasteiger partial charge is 0.0221 e. The number of hydrogen-bond donors (Lipinski definition) is 1. The number of piperidine rings is 1. The first-order valence-electron chi connectivity index (χ1n) is 6.28. The van der Waals surface area contributed by atoms with E-state index in [2.05, 4.69) is 28.7 Å². The van der Waals surface area contributed by atoms with E-state index in [4.69, 9.17) is 5.73 Å². The summed E-state index contributed by atoms with van der Waals surface area (Å²) in [5.74, 6) is 0.